The molecule has 0 radical (unpaired) electrons. The standard InChI is InChI=1S/C20H19F4N3O2.C20H26F3N3O2/c21-16-6-2-14(3-7-16)18(28)26-10-1-11-27(13-12-26)19(29)25-17-8-4-15(5-9-17)20(22,23)24;21-20(22,23)16-7-9-17(10-8-16)24-19(28)26-12-4-11-25(13-14-26)18(27)15-5-2-1-3-6-15/h2-9H,1,10-13H2,(H,25,29);7-10,15H,1-6,11-14H2,(H,24,28). The lowest BCUT2D eigenvalue weighted by atomic mass is 9.88. The van der Waals surface area contributed by atoms with Crippen molar-refractivity contribution in [3.8, 4) is 0 Å². The van der Waals surface area contributed by atoms with Crippen LogP contribution in [0.15, 0.2) is 72.8 Å². The van der Waals surface area contributed by atoms with Crippen molar-refractivity contribution in [3.05, 3.63) is 95.3 Å². The first-order valence-corrected chi connectivity index (χ1v) is 18.9. The Labute approximate surface area is 326 Å². The van der Waals surface area contributed by atoms with Gasteiger partial charge in [-0.25, -0.2) is 14.0 Å². The summed E-state index contributed by atoms with van der Waals surface area (Å²) in [5, 5.41) is 5.22. The molecule has 0 unspecified atom stereocenters. The third-order valence-corrected chi connectivity index (χ3v) is 10.1. The molecule has 0 bridgehead atoms. The summed E-state index contributed by atoms with van der Waals surface area (Å²) in [6, 6.07) is 13.1. The maximum Gasteiger partial charge on any atom is 0.416 e. The van der Waals surface area contributed by atoms with E-state index in [4.69, 9.17) is 0 Å². The number of amides is 6. The van der Waals surface area contributed by atoms with Crippen molar-refractivity contribution in [2.45, 2.75) is 57.3 Å². The molecule has 17 heteroatoms. The number of urea groups is 2. The quantitative estimate of drug-likeness (QED) is 0.258. The first kappa shape index (κ1) is 42.8. The lowest BCUT2D eigenvalue weighted by Gasteiger charge is -2.28. The zero-order valence-corrected chi connectivity index (χ0v) is 31.2. The molecule has 1 aliphatic carbocycles. The van der Waals surface area contributed by atoms with Gasteiger partial charge in [-0.1, -0.05) is 19.3 Å². The van der Waals surface area contributed by atoms with Gasteiger partial charge in [-0.15, -0.1) is 0 Å². The Kier molecular flexibility index (Phi) is 14.4. The van der Waals surface area contributed by atoms with Crippen molar-refractivity contribution in [2.75, 3.05) is 63.0 Å². The van der Waals surface area contributed by atoms with Crippen LogP contribution in [0.5, 0.6) is 0 Å². The molecule has 2 aliphatic heterocycles. The molecule has 2 heterocycles. The Morgan fingerprint density at radius 1 is 0.491 bits per heavy atom. The number of alkyl halides is 6. The molecule has 2 saturated heterocycles. The smallest absolute Gasteiger partial charge is 0.341 e. The van der Waals surface area contributed by atoms with Crippen molar-refractivity contribution >= 4 is 35.3 Å². The molecule has 308 valence electrons. The number of nitrogens with one attached hydrogen (secondary N) is 2. The molecule has 3 aromatic carbocycles. The van der Waals surface area contributed by atoms with E-state index < -0.39 is 35.3 Å². The summed E-state index contributed by atoms with van der Waals surface area (Å²) in [5.41, 5.74) is -0.602. The Morgan fingerprint density at radius 2 is 0.895 bits per heavy atom. The summed E-state index contributed by atoms with van der Waals surface area (Å²) in [5.74, 6) is -0.357. The highest BCUT2D eigenvalue weighted by atomic mass is 19.4. The minimum Gasteiger partial charge on any atom is -0.341 e. The number of hydrogen-bond acceptors (Lipinski definition) is 4. The summed E-state index contributed by atoms with van der Waals surface area (Å²) >= 11 is 0. The van der Waals surface area contributed by atoms with Crippen LogP contribution >= 0.6 is 0 Å². The van der Waals surface area contributed by atoms with E-state index >= 15 is 0 Å². The maximum absolute atomic E-state index is 13.0. The van der Waals surface area contributed by atoms with Gasteiger partial charge in [0.1, 0.15) is 5.82 Å². The fraction of sp³-hybridized carbons (Fsp3) is 0.450. The largest absolute Gasteiger partial charge is 0.416 e. The van der Waals surface area contributed by atoms with E-state index in [2.05, 4.69) is 10.6 Å². The van der Waals surface area contributed by atoms with Crippen LogP contribution in [-0.2, 0) is 17.1 Å². The molecule has 0 atom stereocenters. The zero-order chi connectivity index (χ0) is 41.2. The number of carbonyl (C=O) groups excluding carboxylic acids is 4. The van der Waals surface area contributed by atoms with Gasteiger partial charge in [0.2, 0.25) is 5.91 Å². The predicted molar refractivity (Wildman–Crippen MR) is 199 cm³/mol. The van der Waals surface area contributed by atoms with Crippen molar-refractivity contribution in [1.29, 1.82) is 0 Å². The van der Waals surface area contributed by atoms with Crippen LogP contribution in [-0.4, -0.2) is 95.8 Å². The van der Waals surface area contributed by atoms with Gasteiger partial charge in [-0.3, -0.25) is 9.59 Å². The molecule has 0 aromatic heterocycles. The van der Waals surface area contributed by atoms with Crippen molar-refractivity contribution < 1.29 is 49.9 Å². The fourth-order valence-electron chi connectivity index (χ4n) is 6.94. The van der Waals surface area contributed by atoms with E-state index in [1.54, 1.807) is 9.80 Å². The number of anilines is 2. The topological polar surface area (TPSA) is 105 Å². The van der Waals surface area contributed by atoms with Crippen LogP contribution < -0.4 is 10.6 Å². The Bertz CT molecular complexity index is 1820. The highest BCUT2D eigenvalue weighted by Gasteiger charge is 2.32. The van der Waals surface area contributed by atoms with Gasteiger partial charge >= 0.3 is 24.4 Å². The average Bonchev–Trinajstić information content (AvgIpc) is 3.60. The minimum atomic E-state index is -4.44. The molecule has 57 heavy (non-hydrogen) atoms. The van der Waals surface area contributed by atoms with Crippen LogP contribution in [0.3, 0.4) is 0 Å². The number of hydrogen-bond donors (Lipinski definition) is 2. The molecule has 3 aromatic rings. The Morgan fingerprint density at radius 3 is 1.35 bits per heavy atom. The Balaban J connectivity index is 0.000000218. The van der Waals surface area contributed by atoms with E-state index in [0.717, 1.165) is 49.9 Å². The summed E-state index contributed by atoms with van der Waals surface area (Å²) in [6.07, 6.45) is -2.29. The summed E-state index contributed by atoms with van der Waals surface area (Å²) in [6.45, 7) is 3.50. The fourth-order valence-corrected chi connectivity index (χ4v) is 6.94. The second kappa shape index (κ2) is 19.2. The maximum atomic E-state index is 13.0. The van der Waals surface area contributed by atoms with Crippen LogP contribution in [0.1, 0.15) is 66.4 Å². The van der Waals surface area contributed by atoms with E-state index in [0.29, 0.717) is 69.9 Å². The predicted octanol–water partition coefficient (Wildman–Crippen LogP) is 8.58. The van der Waals surface area contributed by atoms with Gasteiger partial charge < -0.3 is 30.2 Å². The molecule has 10 nitrogen and oxygen atoms in total. The number of nitrogens with zero attached hydrogens (tertiary/aromatic N) is 4. The molecule has 3 aliphatic rings. The van der Waals surface area contributed by atoms with Crippen LogP contribution in [0, 0.1) is 11.7 Å². The van der Waals surface area contributed by atoms with E-state index in [9.17, 15) is 49.9 Å². The number of carbonyl (C=O) groups is 4. The second-order valence-corrected chi connectivity index (χ2v) is 14.2. The van der Waals surface area contributed by atoms with Crippen molar-refractivity contribution in [1.82, 2.24) is 19.6 Å². The lowest BCUT2D eigenvalue weighted by molar-refractivity contribution is -0.138. The number of halogens is 7. The van der Waals surface area contributed by atoms with E-state index in [-0.39, 0.29) is 36.0 Å². The van der Waals surface area contributed by atoms with Crippen LogP contribution in [0.4, 0.5) is 51.7 Å². The van der Waals surface area contributed by atoms with Gasteiger partial charge in [0, 0.05) is 75.2 Å². The summed E-state index contributed by atoms with van der Waals surface area (Å²) in [7, 11) is 0. The molecule has 3 fully saturated rings. The third-order valence-electron chi connectivity index (χ3n) is 10.1. The average molecular weight is 807 g/mol. The van der Waals surface area contributed by atoms with Gasteiger partial charge in [-0.05, 0) is 98.5 Å². The third kappa shape index (κ3) is 12.3. The molecule has 2 N–H and O–H groups in total. The molecule has 1 saturated carbocycles. The normalized spacial score (nSPS) is 17.1. The van der Waals surface area contributed by atoms with Gasteiger partial charge in [0.05, 0.1) is 11.1 Å². The molecule has 0 spiro atoms. The van der Waals surface area contributed by atoms with Crippen LogP contribution in [0.2, 0.25) is 0 Å². The summed E-state index contributed by atoms with van der Waals surface area (Å²) in [4.78, 5) is 56.7. The molecule has 6 amide bonds. The van der Waals surface area contributed by atoms with Gasteiger partial charge in [0.25, 0.3) is 5.91 Å². The van der Waals surface area contributed by atoms with E-state index in [1.165, 1.54) is 59.9 Å². The monoisotopic (exact) mass is 806 g/mol. The van der Waals surface area contributed by atoms with Crippen molar-refractivity contribution in [2.24, 2.45) is 5.92 Å². The first-order chi connectivity index (χ1) is 27.1. The minimum absolute atomic E-state index is 0.112. The van der Waals surface area contributed by atoms with Crippen LogP contribution in [0.25, 0.3) is 0 Å². The second-order valence-electron chi connectivity index (χ2n) is 14.2. The highest BCUT2D eigenvalue weighted by Crippen LogP contribution is 2.31. The highest BCUT2D eigenvalue weighted by molar-refractivity contribution is 5.94. The number of benzene rings is 3. The summed E-state index contributed by atoms with van der Waals surface area (Å²) < 4.78 is 88.8. The molecular weight excluding hydrogens is 761 g/mol. The SMILES string of the molecule is O=C(Nc1ccc(C(F)(F)F)cc1)N1CCCN(C(=O)C2CCCCC2)CC1.O=C(Nc1ccc(C(F)(F)F)cc1)N1CCCN(C(=O)c2ccc(F)cc2)CC1. The molecule has 6 rings (SSSR count). The van der Waals surface area contributed by atoms with Gasteiger partial charge in [-0.2, -0.15) is 26.3 Å². The Hall–Kier alpha value is -5.35. The zero-order valence-electron chi connectivity index (χ0n) is 31.2. The molecular formula is C40H45F7N6O4. The lowest BCUT2D eigenvalue weighted by Crippen LogP contribution is -2.41. The van der Waals surface area contributed by atoms with Crippen molar-refractivity contribution in [3.63, 3.8) is 0 Å². The number of rotatable bonds is 4. The van der Waals surface area contributed by atoms with Gasteiger partial charge in [0.15, 0.2) is 0 Å². The first-order valence-electron chi connectivity index (χ1n) is 18.9. The van der Waals surface area contributed by atoms with E-state index in [1.807, 2.05) is 4.90 Å².